The molecule has 0 N–H and O–H groups in total. The zero-order valence-corrected chi connectivity index (χ0v) is 23.7. The van der Waals surface area contributed by atoms with Gasteiger partial charge in [-0.3, -0.25) is 14.4 Å². The number of halogens is 1. The fourth-order valence-electron chi connectivity index (χ4n) is 6.30. The lowest BCUT2D eigenvalue weighted by molar-refractivity contribution is 0.261. The molecule has 2 atom stereocenters. The van der Waals surface area contributed by atoms with Gasteiger partial charge in [0.05, 0.1) is 29.0 Å². The number of aromatic nitrogens is 2. The van der Waals surface area contributed by atoms with Crippen LogP contribution in [-0.2, 0) is 6.54 Å². The molecule has 0 amide bonds. The van der Waals surface area contributed by atoms with Crippen molar-refractivity contribution < 1.29 is 0 Å². The van der Waals surface area contributed by atoms with Crippen molar-refractivity contribution in [3.63, 3.8) is 0 Å². The van der Waals surface area contributed by atoms with Gasteiger partial charge in [-0.25, -0.2) is 4.98 Å². The van der Waals surface area contributed by atoms with Crippen molar-refractivity contribution in [3.8, 4) is 0 Å². The highest BCUT2D eigenvalue weighted by Gasteiger charge is 2.42. The maximum Gasteiger partial charge on any atom is 0.261 e. The summed E-state index contributed by atoms with van der Waals surface area (Å²) in [6.45, 7) is 14.1. The molecule has 2 aliphatic heterocycles. The quantitative estimate of drug-likeness (QED) is 0.278. The van der Waals surface area contributed by atoms with E-state index in [4.69, 9.17) is 21.6 Å². The molecule has 3 heterocycles. The molecule has 0 saturated carbocycles. The van der Waals surface area contributed by atoms with Gasteiger partial charge < -0.3 is 4.90 Å². The fraction of sp³-hybridized carbons (Fsp3) is 0.303. The number of benzene rings is 3. The Hall–Kier alpha value is -3.70. The Bertz CT molecular complexity index is 1700. The van der Waals surface area contributed by atoms with Crippen LogP contribution in [0.3, 0.4) is 0 Å². The number of nitrogens with zero attached hydrogens (tertiary/aromatic N) is 4. The third-order valence-corrected chi connectivity index (χ3v) is 8.30. The van der Waals surface area contributed by atoms with Gasteiger partial charge in [0.1, 0.15) is 11.7 Å². The van der Waals surface area contributed by atoms with E-state index in [1.54, 1.807) is 18.2 Å². The van der Waals surface area contributed by atoms with E-state index in [1.807, 2.05) is 28.8 Å². The van der Waals surface area contributed by atoms with E-state index in [1.165, 1.54) is 16.7 Å². The summed E-state index contributed by atoms with van der Waals surface area (Å²) in [4.78, 5) is 26.9. The van der Waals surface area contributed by atoms with Crippen LogP contribution in [0, 0.1) is 6.92 Å². The van der Waals surface area contributed by atoms with Crippen LogP contribution >= 0.6 is 11.6 Å². The van der Waals surface area contributed by atoms with Crippen molar-refractivity contribution in [1.29, 1.82) is 0 Å². The second-order valence-electron chi connectivity index (χ2n) is 11.5. The molecule has 6 rings (SSSR count). The van der Waals surface area contributed by atoms with Crippen LogP contribution in [0.1, 0.15) is 72.8 Å². The van der Waals surface area contributed by atoms with Crippen LogP contribution in [0.25, 0.3) is 17.0 Å². The summed E-state index contributed by atoms with van der Waals surface area (Å²) in [6, 6.07) is 19.7. The zero-order valence-electron chi connectivity index (χ0n) is 22.9. The second kappa shape index (κ2) is 9.49. The van der Waals surface area contributed by atoms with Gasteiger partial charge in [0.2, 0.25) is 0 Å². The van der Waals surface area contributed by atoms with E-state index in [9.17, 15) is 4.79 Å². The molecule has 0 spiro atoms. The van der Waals surface area contributed by atoms with Gasteiger partial charge >= 0.3 is 0 Å². The van der Waals surface area contributed by atoms with Crippen molar-refractivity contribution in [2.45, 2.75) is 58.2 Å². The largest absolute Gasteiger partial charge is 0.344 e. The molecular weight excluding hydrogens is 504 g/mol. The van der Waals surface area contributed by atoms with Gasteiger partial charge in [0.25, 0.3) is 5.56 Å². The molecule has 2 unspecified atom stereocenters. The minimum absolute atomic E-state index is 0.0514. The number of fused-ring (bicyclic) bond motifs is 4. The normalized spacial score (nSPS) is 19.8. The van der Waals surface area contributed by atoms with Crippen LogP contribution in [0.15, 0.2) is 77.0 Å². The van der Waals surface area contributed by atoms with Gasteiger partial charge in [-0.2, -0.15) is 0 Å². The number of hydrogen-bond donors (Lipinski definition) is 0. The van der Waals surface area contributed by atoms with E-state index >= 15 is 0 Å². The van der Waals surface area contributed by atoms with E-state index < -0.39 is 0 Å². The minimum Gasteiger partial charge on any atom is -0.344 e. The van der Waals surface area contributed by atoms with Crippen molar-refractivity contribution >= 4 is 34.4 Å². The van der Waals surface area contributed by atoms with Gasteiger partial charge in [0, 0.05) is 17.1 Å². The lowest BCUT2D eigenvalue weighted by Crippen LogP contribution is -2.39. The maximum atomic E-state index is 14.1. The first-order valence-corrected chi connectivity index (χ1v) is 13.9. The first kappa shape index (κ1) is 25.6. The summed E-state index contributed by atoms with van der Waals surface area (Å²) in [5.74, 6) is 1.92. The first-order valence-electron chi connectivity index (χ1n) is 13.5. The van der Waals surface area contributed by atoms with Crippen LogP contribution < -0.4 is 5.56 Å². The molecule has 0 bridgehead atoms. The molecule has 5 nitrogen and oxygen atoms in total. The predicted octanol–water partition coefficient (Wildman–Crippen LogP) is 7.14. The van der Waals surface area contributed by atoms with Crippen LogP contribution in [-0.4, -0.2) is 32.4 Å². The molecule has 0 radical (unpaired) electrons. The molecule has 0 fully saturated rings. The predicted molar refractivity (Wildman–Crippen MR) is 161 cm³/mol. The smallest absolute Gasteiger partial charge is 0.261 e. The average Bonchev–Trinajstić information content (AvgIpc) is 3.18. The number of hydrogen-bond acceptors (Lipinski definition) is 4. The number of amidine groups is 1. The highest BCUT2D eigenvalue weighted by Crippen LogP contribution is 2.44. The number of aliphatic imine (C=N–C) groups is 1. The van der Waals surface area contributed by atoms with Gasteiger partial charge in [-0.15, -0.1) is 0 Å². The third kappa shape index (κ3) is 4.39. The molecule has 39 heavy (non-hydrogen) atoms. The van der Waals surface area contributed by atoms with Gasteiger partial charge in [-0.05, 0) is 73.6 Å². The second-order valence-corrected chi connectivity index (χ2v) is 11.9. The number of rotatable bonds is 4. The molecule has 4 aromatic rings. The topological polar surface area (TPSA) is 50.5 Å². The van der Waals surface area contributed by atoms with Crippen LogP contribution in [0.2, 0.25) is 5.02 Å². The summed E-state index contributed by atoms with van der Waals surface area (Å²) in [5, 5.41) is 1.14. The van der Waals surface area contributed by atoms with E-state index in [2.05, 4.69) is 63.4 Å². The van der Waals surface area contributed by atoms with Gasteiger partial charge in [0.15, 0.2) is 0 Å². The van der Waals surface area contributed by atoms with E-state index in [0.29, 0.717) is 22.5 Å². The summed E-state index contributed by atoms with van der Waals surface area (Å²) < 4.78 is 1.86. The molecule has 198 valence electrons. The summed E-state index contributed by atoms with van der Waals surface area (Å²) in [5.41, 5.74) is 6.17. The Labute approximate surface area is 234 Å². The fourth-order valence-corrected chi connectivity index (χ4v) is 6.47. The lowest BCUT2D eigenvalue weighted by atomic mass is 9.85. The van der Waals surface area contributed by atoms with Crippen molar-refractivity contribution in [2.75, 3.05) is 6.54 Å². The Morgan fingerprint density at radius 2 is 1.90 bits per heavy atom. The highest BCUT2D eigenvalue weighted by molar-refractivity contribution is 6.31. The molecule has 2 aliphatic rings. The summed E-state index contributed by atoms with van der Waals surface area (Å²) in [6.07, 6.45) is 2.76. The molecule has 0 saturated heterocycles. The van der Waals surface area contributed by atoms with Crippen molar-refractivity contribution in [3.05, 3.63) is 116 Å². The highest BCUT2D eigenvalue weighted by atomic mass is 35.5. The van der Waals surface area contributed by atoms with E-state index in [-0.39, 0.29) is 23.1 Å². The Morgan fingerprint density at radius 1 is 1.13 bits per heavy atom. The lowest BCUT2D eigenvalue weighted by Gasteiger charge is -2.32. The van der Waals surface area contributed by atoms with Crippen molar-refractivity contribution in [2.24, 2.45) is 4.99 Å². The molecule has 6 heteroatoms. The SMILES string of the molecule is C=Cc1c(C)ccc2c1C(C)CC(c1nc3cc(Cl)ccc3c(=O)n1Cc1ccccc1)N1CC(C)(C)N=C21. The van der Waals surface area contributed by atoms with E-state index in [0.717, 1.165) is 35.8 Å². The van der Waals surface area contributed by atoms with Crippen LogP contribution in [0.4, 0.5) is 0 Å². The minimum atomic E-state index is -0.268. The van der Waals surface area contributed by atoms with Crippen LogP contribution in [0.5, 0.6) is 0 Å². The molecular formula is C33H33ClN4O. The Morgan fingerprint density at radius 3 is 2.64 bits per heavy atom. The Kier molecular flexibility index (Phi) is 6.22. The molecule has 3 aromatic carbocycles. The molecule has 1 aromatic heterocycles. The maximum absolute atomic E-state index is 14.1. The summed E-state index contributed by atoms with van der Waals surface area (Å²) in [7, 11) is 0. The van der Waals surface area contributed by atoms with Crippen molar-refractivity contribution in [1.82, 2.24) is 14.5 Å². The van der Waals surface area contributed by atoms with Gasteiger partial charge in [-0.1, -0.05) is 73.6 Å². The monoisotopic (exact) mass is 536 g/mol. The number of aryl methyl sites for hydroxylation is 1. The third-order valence-electron chi connectivity index (χ3n) is 8.06. The molecule has 0 aliphatic carbocycles. The standard InChI is InChI=1S/C33H33ClN4O/c1-6-24-20(2)12-14-26-29(24)21(3)16-28(38-19-33(4,5)36-30(26)38)31-35-27-17-23(34)13-15-25(27)32(39)37(31)18-22-10-8-7-9-11-22/h6-15,17,21,28H,1,16,18-19H2,2-5H3. The summed E-state index contributed by atoms with van der Waals surface area (Å²) >= 11 is 6.38. The Balaban J connectivity index is 1.61. The zero-order chi connectivity index (χ0) is 27.5. The first-order chi connectivity index (χ1) is 18.7. The average molecular weight is 537 g/mol.